The molecule has 1 aromatic carbocycles. The van der Waals surface area contributed by atoms with E-state index in [4.69, 9.17) is 10.7 Å². The van der Waals surface area contributed by atoms with Crippen molar-refractivity contribution < 1.29 is 0 Å². The maximum Gasteiger partial charge on any atom is 0.186 e. The molecule has 1 fully saturated rings. The Hall–Kier alpha value is -3.65. The van der Waals surface area contributed by atoms with Crippen molar-refractivity contribution in [1.82, 2.24) is 19.8 Å². The summed E-state index contributed by atoms with van der Waals surface area (Å²) in [5.74, 6) is 2.55. The molecular formula is C24H28N8. The first kappa shape index (κ1) is 20.3. The number of piperazine rings is 1. The molecule has 2 aromatic heterocycles. The van der Waals surface area contributed by atoms with Gasteiger partial charge in [0, 0.05) is 69.5 Å². The van der Waals surface area contributed by atoms with Crippen LogP contribution in [0.4, 0.5) is 11.5 Å². The van der Waals surface area contributed by atoms with E-state index in [9.17, 15) is 0 Å². The Morgan fingerprint density at radius 3 is 2.50 bits per heavy atom. The van der Waals surface area contributed by atoms with Gasteiger partial charge in [0.05, 0.1) is 11.9 Å². The number of nitrogens with zero attached hydrogens (tertiary/aromatic N) is 7. The molecule has 3 aromatic rings. The monoisotopic (exact) mass is 428 g/mol. The molecule has 2 N–H and O–H groups in total. The van der Waals surface area contributed by atoms with E-state index >= 15 is 0 Å². The Bertz CT molecular complexity index is 1140. The summed E-state index contributed by atoms with van der Waals surface area (Å²) >= 11 is 0. The molecule has 32 heavy (non-hydrogen) atoms. The van der Waals surface area contributed by atoms with Crippen LogP contribution in [0, 0.1) is 0 Å². The van der Waals surface area contributed by atoms with E-state index in [1.807, 2.05) is 57.0 Å². The van der Waals surface area contributed by atoms with Crippen LogP contribution >= 0.6 is 0 Å². The Morgan fingerprint density at radius 2 is 1.75 bits per heavy atom. The lowest BCUT2D eigenvalue weighted by Gasteiger charge is -2.46. The molecule has 1 saturated heterocycles. The minimum Gasteiger partial charge on any atom is -0.384 e. The highest BCUT2D eigenvalue weighted by Gasteiger charge is 2.34. The highest BCUT2D eigenvalue weighted by atomic mass is 15.5. The van der Waals surface area contributed by atoms with Gasteiger partial charge < -0.3 is 15.5 Å². The van der Waals surface area contributed by atoms with Gasteiger partial charge in [0.25, 0.3) is 0 Å². The predicted octanol–water partition coefficient (Wildman–Crippen LogP) is 2.32. The largest absolute Gasteiger partial charge is 0.384 e. The molecule has 2 aliphatic heterocycles. The molecule has 1 atom stereocenters. The number of nitrogens with two attached hydrogens (primary N) is 1. The zero-order valence-electron chi connectivity index (χ0n) is 18.5. The number of fused-ring (bicyclic) bond motifs is 1. The summed E-state index contributed by atoms with van der Waals surface area (Å²) in [5, 5.41) is 2.24. The lowest BCUT2D eigenvalue weighted by molar-refractivity contribution is 0.182. The fraction of sp³-hybridized carbons (Fsp3) is 0.292. The number of anilines is 2. The highest BCUT2D eigenvalue weighted by Crippen LogP contribution is 2.33. The number of rotatable bonds is 4. The van der Waals surface area contributed by atoms with Crippen molar-refractivity contribution in [2.24, 2.45) is 10.7 Å². The van der Waals surface area contributed by atoms with Gasteiger partial charge in [-0.1, -0.05) is 30.3 Å². The molecule has 0 bridgehead atoms. The lowest BCUT2D eigenvalue weighted by atomic mass is 10.1. The molecular weight excluding hydrogens is 400 g/mol. The van der Waals surface area contributed by atoms with Crippen LogP contribution < -0.4 is 15.5 Å². The molecule has 5 rings (SSSR count). The predicted molar refractivity (Wildman–Crippen MR) is 129 cm³/mol. The minimum atomic E-state index is -0.240. The lowest BCUT2D eigenvalue weighted by Crippen LogP contribution is -2.58. The number of aliphatic imine (C=N–C) groups is 1. The summed E-state index contributed by atoms with van der Waals surface area (Å²) in [6.07, 6.45) is 7.36. The number of benzene rings is 1. The van der Waals surface area contributed by atoms with Gasteiger partial charge in [-0.15, -0.1) is 0 Å². The highest BCUT2D eigenvalue weighted by molar-refractivity contribution is 5.97. The van der Waals surface area contributed by atoms with Crippen LogP contribution in [0.3, 0.4) is 0 Å². The molecule has 1 unspecified atom stereocenters. The van der Waals surface area contributed by atoms with Crippen molar-refractivity contribution in [1.29, 1.82) is 0 Å². The number of amidine groups is 1. The molecule has 8 nitrogen and oxygen atoms in total. The summed E-state index contributed by atoms with van der Waals surface area (Å²) in [7, 11) is 4.07. The Labute approximate surface area is 188 Å². The van der Waals surface area contributed by atoms with Crippen LogP contribution in [0.2, 0.25) is 0 Å². The van der Waals surface area contributed by atoms with Gasteiger partial charge >= 0.3 is 0 Å². The van der Waals surface area contributed by atoms with E-state index in [0.717, 1.165) is 54.3 Å². The zero-order chi connectivity index (χ0) is 22.1. The SMILES string of the molecule is CN(C)C1=CC(N)=NC(N2CCN(c3ccccn3)CC2)N1c1cncc2ccccc12. The quantitative estimate of drug-likeness (QED) is 0.683. The molecule has 0 saturated carbocycles. The Morgan fingerprint density at radius 1 is 0.969 bits per heavy atom. The maximum atomic E-state index is 6.29. The van der Waals surface area contributed by atoms with E-state index in [1.54, 1.807) is 0 Å². The normalized spacial score (nSPS) is 19.6. The first-order valence-electron chi connectivity index (χ1n) is 10.9. The Kier molecular flexibility index (Phi) is 5.36. The fourth-order valence-corrected chi connectivity index (χ4v) is 4.40. The number of hydrogen-bond donors (Lipinski definition) is 1. The van der Waals surface area contributed by atoms with Gasteiger partial charge in [-0.2, -0.15) is 0 Å². The molecule has 0 spiro atoms. The van der Waals surface area contributed by atoms with Crippen molar-refractivity contribution in [2.45, 2.75) is 6.29 Å². The van der Waals surface area contributed by atoms with Crippen molar-refractivity contribution in [3.05, 3.63) is 73.0 Å². The van der Waals surface area contributed by atoms with E-state index in [1.165, 1.54) is 0 Å². The molecule has 0 radical (unpaired) electrons. The van der Waals surface area contributed by atoms with E-state index < -0.39 is 0 Å². The van der Waals surface area contributed by atoms with Gasteiger partial charge in [0.1, 0.15) is 17.5 Å². The molecule has 0 amide bonds. The first-order valence-corrected chi connectivity index (χ1v) is 10.9. The third kappa shape index (κ3) is 3.73. The average Bonchev–Trinajstić information content (AvgIpc) is 2.84. The molecule has 8 heteroatoms. The van der Waals surface area contributed by atoms with E-state index in [-0.39, 0.29) is 6.29 Å². The topological polar surface area (TPSA) is 77.1 Å². The van der Waals surface area contributed by atoms with Gasteiger partial charge in [-0.25, -0.2) is 9.98 Å². The maximum absolute atomic E-state index is 6.29. The summed E-state index contributed by atoms with van der Waals surface area (Å²) in [4.78, 5) is 23.0. The Balaban J connectivity index is 1.49. The van der Waals surface area contributed by atoms with Crippen LogP contribution in [0.25, 0.3) is 10.8 Å². The molecule has 4 heterocycles. The minimum absolute atomic E-state index is 0.240. The van der Waals surface area contributed by atoms with Crippen LogP contribution in [0.1, 0.15) is 0 Å². The zero-order valence-corrected chi connectivity index (χ0v) is 18.5. The molecule has 164 valence electrons. The number of aromatic nitrogens is 2. The summed E-state index contributed by atoms with van der Waals surface area (Å²) in [5.41, 5.74) is 7.31. The fourth-order valence-electron chi connectivity index (χ4n) is 4.40. The van der Waals surface area contributed by atoms with Gasteiger partial charge in [-0.3, -0.25) is 14.8 Å². The van der Waals surface area contributed by atoms with Crippen LogP contribution in [0.15, 0.2) is 77.9 Å². The number of pyridine rings is 2. The standard InChI is InChI=1S/C24H28N8/c1-29(2)23-15-21(25)28-24(31-13-11-30(12-14-31)22-9-5-6-10-27-22)32(23)20-17-26-16-18-7-3-4-8-19(18)20/h3-10,15-17,24H,11-14H2,1-2H3,(H2,25,28). The summed E-state index contributed by atoms with van der Waals surface area (Å²) < 4.78 is 0. The second-order valence-electron chi connectivity index (χ2n) is 8.26. The van der Waals surface area contributed by atoms with Gasteiger partial charge in [-0.05, 0) is 12.1 Å². The van der Waals surface area contributed by atoms with Crippen LogP contribution in [0.5, 0.6) is 0 Å². The molecule has 2 aliphatic rings. The smallest absolute Gasteiger partial charge is 0.186 e. The second kappa shape index (κ2) is 8.47. The van der Waals surface area contributed by atoms with Crippen molar-refractivity contribution in [2.75, 3.05) is 50.1 Å². The number of hydrogen-bond acceptors (Lipinski definition) is 8. The average molecular weight is 429 g/mol. The van der Waals surface area contributed by atoms with Crippen LogP contribution in [-0.2, 0) is 0 Å². The van der Waals surface area contributed by atoms with Crippen molar-refractivity contribution >= 4 is 28.1 Å². The first-order chi connectivity index (χ1) is 15.6. The van der Waals surface area contributed by atoms with Gasteiger partial charge in [0.2, 0.25) is 0 Å². The van der Waals surface area contributed by atoms with Crippen LogP contribution in [-0.4, -0.2) is 72.2 Å². The molecule has 0 aliphatic carbocycles. The second-order valence-corrected chi connectivity index (χ2v) is 8.26. The third-order valence-corrected chi connectivity index (χ3v) is 6.00. The van der Waals surface area contributed by atoms with Gasteiger partial charge in [0.15, 0.2) is 6.29 Å². The third-order valence-electron chi connectivity index (χ3n) is 6.00. The van der Waals surface area contributed by atoms with Crippen molar-refractivity contribution in [3.8, 4) is 0 Å². The summed E-state index contributed by atoms with van der Waals surface area (Å²) in [6.45, 7) is 3.47. The van der Waals surface area contributed by atoms with Crippen molar-refractivity contribution in [3.63, 3.8) is 0 Å². The van der Waals surface area contributed by atoms with E-state index in [0.29, 0.717) is 5.84 Å². The van der Waals surface area contributed by atoms with E-state index in [2.05, 4.69) is 53.8 Å². The summed E-state index contributed by atoms with van der Waals surface area (Å²) in [6, 6.07) is 14.4.